The van der Waals surface area contributed by atoms with E-state index in [-0.39, 0.29) is 5.91 Å². The molecule has 0 aliphatic heterocycles. The highest BCUT2D eigenvalue weighted by Crippen LogP contribution is 2.34. The topological polar surface area (TPSA) is 71.2 Å². The second-order valence-corrected chi connectivity index (χ2v) is 7.86. The maximum Gasteiger partial charge on any atom is 0.328 e. The van der Waals surface area contributed by atoms with Gasteiger partial charge in [-0.2, -0.15) is 0 Å². The summed E-state index contributed by atoms with van der Waals surface area (Å²) < 4.78 is 4.91. The Bertz CT molecular complexity index is 1190. The highest BCUT2D eigenvalue weighted by Gasteiger charge is 2.23. The molecule has 5 nitrogen and oxygen atoms in total. The summed E-state index contributed by atoms with van der Waals surface area (Å²) in [5.41, 5.74) is 5.03. The maximum absolute atomic E-state index is 12.6. The van der Waals surface area contributed by atoms with Crippen LogP contribution in [0.1, 0.15) is 23.1 Å². The maximum atomic E-state index is 12.6. The van der Waals surface area contributed by atoms with Gasteiger partial charge in [0.05, 0.1) is 12.1 Å². The number of methoxy groups -OCH3 is 1. The lowest BCUT2D eigenvalue weighted by Crippen LogP contribution is -2.42. The van der Waals surface area contributed by atoms with Crippen LogP contribution in [0.5, 0.6) is 0 Å². The van der Waals surface area contributed by atoms with Gasteiger partial charge in [-0.05, 0) is 41.2 Å². The fourth-order valence-electron chi connectivity index (χ4n) is 3.91. The molecule has 0 saturated carbocycles. The monoisotopic (exact) mass is 434 g/mol. The molecule has 2 N–H and O–H groups in total. The van der Waals surface area contributed by atoms with E-state index in [1.54, 1.807) is 6.08 Å². The number of halogens is 1. The highest BCUT2D eigenvalue weighted by atomic mass is 35.5. The van der Waals surface area contributed by atoms with E-state index in [4.69, 9.17) is 16.3 Å². The van der Waals surface area contributed by atoms with Gasteiger partial charge >= 0.3 is 5.97 Å². The molecule has 6 heteroatoms. The predicted octanol–water partition coefficient (Wildman–Crippen LogP) is 4.52. The number of carbonyl (C=O) groups is 2. The Labute approximate surface area is 185 Å². The van der Waals surface area contributed by atoms with Gasteiger partial charge in [0.15, 0.2) is 0 Å². The molecule has 158 valence electrons. The van der Waals surface area contributed by atoms with Crippen molar-refractivity contribution < 1.29 is 14.3 Å². The average Bonchev–Trinajstić information content (AvgIpc) is 3.20. The fraction of sp³-hybridized carbons (Fsp3) is 0.200. The van der Waals surface area contributed by atoms with Crippen LogP contribution in [0.4, 0.5) is 0 Å². The van der Waals surface area contributed by atoms with E-state index in [2.05, 4.69) is 16.4 Å². The molecule has 0 fully saturated rings. The minimum Gasteiger partial charge on any atom is -0.467 e. The van der Waals surface area contributed by atoms with Crippen molar-refractivity contribution in [1.29, 1.82) is 0 Å². The van der Waals surface area contributed by atoms with Gasteiger partial charge in [0.2, 0.25) is 5.91 Å². The second-order valence-electron chi connectivity index (χ2n) is 7.48. The van der Waals surface area contributed by atoms with Crippen LogP contribution in [0, 0.1) is 0 Å². The Morgan fingerprint density at radius 3 is 2.77 bits per heavy atom. The van der Waals surface area contributed by atoms with E-state index in [1.807, 2.05) is 48.7 Å². The summed E-state index contributed by atoms with van der Waals surface area (Å²) >= 11 is 6.54. The molecule has 0 radical (unpaired) electrons. The van der Waals surface area contributed by atoms with Crippen LogP contribution in [0.25, 0.3) is 15.9 Å². The summed E-state index contributed by atoms with van der Waals surface area (Å²) in [7, 11) is 1.32. The summed E-state index contributed by atoms with van der Waals surface area (Å²) in [5, 5.41) is 4.44. The molecule has 0 saturated heterocycles. The molecule has 0 bridgehead atoms. The van der Waals surface area contributed by atoms with Crippen molar-refractivity contribution in [2.24, 2.45) is 0 Å². The summed E-state index contributed by atoms with van der Waals surface area (Å²) in [6.07, 6.45) is 6.97. The van der Waals surface area contributed by atoms with Crippen LogP contribution in [0.3, 0.4) is 0 Å². The number of nitrogens with one attached hydrogen (secondary N) is 2. The van der Waals surface area contributed by atoms with Gasteiger partial charge in [-0.15, -0.1) is 0 Å². The van der Waals surface area contributed by atoms with Crippen molar-refractivity contribution in [2.45, 2.75) is 25.3 Å². The van der Waals surface area contributed by atoms with E-state index in [9.17, 15) is 9.59 Å². The Kier molecular flexibility index (Phi) is 6.23. The van der Waals surface area contributed by atoms with Crippen molar-refractivity contribution in [1.82, 2.24) is 10.3 Å². The Morgan fingerprint density at radius 1 is 1.16 bits per heavy atom. The van der Waals surface area contributed by atoms with Crippen LogP contribution in [0.15, 0.2) is 72.5 Å². The first-order valence-corrected chi connectivity index (χ1v) is 10.5. The lowest BCUT2D eigenvalue weighted by molar-refractivity contribution is -0.144. The molecule has 2 aromatic carbocycles. The third kappa shape index (κ3) is 4.57. The van der Waals surface area contributed by atoms with Gasteiger partial charge in [0.25, 0.3) is 0 Å². The zero-order valence-corrected chi connectivity index (χ0v) is 17.9. The molecule has 1 heterocycles. The zero-order valence-electron chi connectivity index (χ0n) is 17.2. The summed E-state index contributed by atoms with van der Waals surface area (Å²) in [4.78, 5) is 28.1. The number of carbonyl (C=O) groups excluding carboxylic acids is 2. The number of amides is 1. The van der Waals surface area contributed by atoms with Crippen molar-refractivity contribution in [3.63, 3.8) is 0 Å². The quantitative estimate of drug-likeness (QED) is 0.442. The molecule has 0 unspecified atom stereocenters. The van der Waals surface area contributed by atoms with Crippen LogP contribution >= 0.6 is 11.6 Å². The standard InChI is InChI=1S/C25H23ClN2O3/c1-31-25(30)22(14-18-15-27-21-9-5-4-7-19(18)21)28-23(29)13-12-17-11-10-16-6-2-3-8-20(16)24(17)26/h2-9,12-13,15,22,27H,10-11,14H2,1H3,(H,28,29)/b13-12+/t22-/m0/s1. The first-order chi connectivity index (χ1) is 15.1. The minimum atomic E-state index is -0.794. The highest BCUT2D eigenvalue weighted by molar-refractivity contribution is 6.49. The number of esters is 1. The van der Waals surface area contributed by atoms with E-state index in [0.29, 0.717) is 11.5 Å². The normalized spacial score (nSPS) is 14.5. The van der Waals surface area contributed by atoms with Gasteiger partial charge in [-0.3, -0.25) is 4.79 Å². The number of rotatable bonds is 6. The third-order valence-electron chi connectivity index (χ3n) is 5.54. The Hall–Kier alpha value is -3.31. The summed E-state index contributed by atoms with van der Waals surface area (Å²) in [6, 6.07) is 15.0. The predicted molar refractivity (Wildman–Crippen MR) is 123 cm³/mol. The number of aromatic amines is 1. The van der Waals surface area contributed by atoms with Gasteiger partial charge in [0.1, 0.15) is 6.04 Å². The average molecular weight is 435 g/mol. The molecular weight excluding hydrogens is 412 g/mol. The first-order valence-electron chi connectivity index (χ1n) is 10.1. The molecule has 1 aromatic heterocycles. The fourth-order valence-corrected chi connectivity index (χ4v) is 4.25. The van der Waals surface area contributed by atoms with Gasteiger partial charge < -0.3 is 15.0 Å². The van der Waals surface area contributed by atoms with Gasteiger partial charge in [-0.25, -0.2) is 4.79 Å². The van der Waals surface area contributed by atoms with Crippen molar-refractivity contribution >= 4 is 39.4 Å². The number of aromatic nitrogens is 1. The number of H-pyrrole nitrogens is 1. The van der Waals surface area contributed by atoms with Crippen LogP contribution < -0.4 is 5.32 Å². The smallest absolute Gasteiger partial charge is 0.328 e. The van der Waals surface area contributed by atoms with Gasteiger partial charge in [-0.1, -0.05) is 60.1 Å². The number of benzene rings is 2. The van der Waals surface area contributed by atoms with Crippen molar-refractivity contribution in [3.05, 3.63) is 89.1 Å². The van der Waals surface area contributed by atoms with Crippen molar-refractivity contribution in [3.8, 4) is 0 Å². The third-order valence-corrected chi connectivity index (χ3v) is 5.98. The van der Waals surface area contributed by atoms with Crippen molar-refractivity contribution in [2.75, 3.05) is 7.11 Å². The van der Waals surface area contributed by atoms with E-state index < -0.39 is 12.0 Å². The molecule has 4 rings (SSSR count). The molecule has 1 atom stereocenters. The molecule has 31 heavy (non-hydrogen) atoms. The Morgan fingerprint density at radius 2 is 1.94 bits per heavy atom. The van der Waals surface area contributed by atoms with E-state index in [0.717, 1.165) is 40.4 Å². The number of aryl methyl sites for hydroxylation is 1. The number of hydrogen-bond donors (Lipinski definition) is 2. The van der Waals surface area contributed by atoms with E-state index >= 15 is 0 Å². The SMILES string of the molecule is COC(=O)[C@H](Cc1c[nH]c2ccccc12)NC(=O)/C=C/C1=C(Cl)c2ccccc2CC1. The number of hydrogen-bond acceptors (Lipinski definition) is 3. The van der Waals surface area contributed by atoms with E-state index in [1.165, 1.54) is 18.7 Å². The number of allylic oxidation sites excluding steroid dienone is 2. The van der Waals surface area contributed by atoms with Gasteiger partial charge in [0, 0.05) is 29.6 Å². The second kappa shape index (κ2) is 9.23. The number of fused-ring (bicyclic) bond motifs is 2. The summed E-state index contributed by atoms with van der Waals surface area (Å²) in [6.45, 7) is 0. The largest absolute Gasteiger partial charge is 0.467 e. The zero-order chi connectivity index (χ0) is 21.8. The molecule has 3 aromatic rings. The Balaban J connectivity index is 1.49. The molecule has 0 spiro atoms. The van der Waals surface area contributed by atoms with Crippen LogP contribution in [-0.2, 0) is 27.2 Å². The number of para-hydroxylation sites is 1. The molecular formula is C25H23ClN2O3. The van der Waals surface area contributed by atoms with Crippen LogP contribution in [-0.4, -0.2) is 30.0 Å². The summed E-state index contributed by atoms with van der Waals surface area (Å²) in [5.74, 6) is -0.859. The van der Waals surface area contributed by atoms with Crippen LogP contribution in [0.2, 0.25) is 0 Å². The lowest BCUT2D eigenvalue weighted by atomic mass is 9.92. The molecule has 1 amide bonds. The lowest BCUT2D eigenvalue weighted by Gasteiger charge is -2.18. The molecule has 1 aliphatic carbocycles. The first kappa shape index (κ1) is 20.9. The number of ether oxygens (including phenoxy) is 1. The minimum absolute atomic E-state index is 0.326. The molecule has 1 aliphatic rings.